The molecule has 0 bridgehead atoms. The van der Waals surface area contributed by atoms with Crippen LogP contribution in [0, 0.1) is 0 Å². The van der Waals surface area contributed by atoms with Crippen LogP contribution in [0.5, 0.6) is 0 Å². The molecule has 0 aliphatic carbocycles. The van der Waals surface area contributed by atoms with Crippen molar-refractivity contribution in [2.24, 2.45) is 0 Å². The van der Waals surface area contributed by atoms with Crippen LogP contribution in [0.3, 0.4) is 0 Å². The second-order valence-electron chi connectivity index (χ2n) is 9.08. The fourth-order valence-electron chi connectivity index (χ4n) is 2.30. The van der Waals surface area contributed by atoms with E-state index in [2.05, 4.69) is 20.6 Å². The zero-order valence-corrected chi connectivity index (χ0v) is 19.8. The van der Waals surface area contributed by atoms with E-state index in [1.807, 2.05) is 20.8 Å². The third kappa shape index (κ3) is 12.5. The molecule has 2 aromatic heterocycles. The quantitative estimate of drug-likeness (QED) is 0.617. The first-order chi connectivity index (χ1) is 14.7. The number of hydrogen-bond donors (Lipinski definition) is 3. The van der Waals surface area contributed by atoms with Gasteiger partial charge in [0.25, 0.3) is 0 Å². The van der Waals surface area contributed by atoms with E-state index in [0.29, 0.717) is 17.8 Å². The van der Waals surface area contributed by atoms with Crippen molar-refractivity contribution in [3.8, 4) is 0 Å². The molecule has 0 saturated carbocycles. The lowest BCUT2D eigenvalue weighted by molar-refractivity contribution is 0.0624. The summed E-state index contributed by atoms with van der Waals surface area (Å²) in [6, 6.07) is 5.08. The highest BCUT2D eigenvalue weighted by Crippen LogP contribution is 2.17. The van der Waals surface area contributed by atoms with Crippen LogP contribution in [0.4, 0.5) is 21.0 Å². The van der Waals surface area contributed by atoms with Gasteiger partial charge < -0.3 is 14.6 Å². The van der Waals surface area contributed by atoms with Crippen LogP contribution in [-0.4, -0.2) is 44.6 Å². The van der Waals surface area contributed by atoms with Gasteiger partial charge in [-0.2, -0.15) is 0 Å². The molecule has 0 fully saturated rings. The number of carbonyl (C=O) groups is 2. The van der Waals surface area contributed by atoms with Crippen molar-refractivity contribution in [3.05, 3.63) is 48.5 Å². The van der Waals surface area contributed by atoms with Gasteiger partial charge >= 0.3 is 12.2 Å². The second-order valence-corrected chi connectivity index (χ2v) is 9.08. The lowest BCUT2D eigenvalue weighted by atomic mass is 10.1. The molecule has 1 atom stereocenters. The van der Waals surface area contributed by atoms with Gasteiger partial charge in [-0.05, 0) is 72.2 Å². The van der Waals surface area contributed by atoms with Gasteiger partial charge in [0.2, 0.25) is 0 Å². The Kier molecular flexibility index (Phi) is 10.1. The molecule has 0 spiro atoms. The Labute approximate surface area is 189 Å². The standard InChI is InChI=1S/C13H20N2O3.C10H14N2O2/c1-9(16)7-10-8-14-6-5-11(10)15-12(17)18-13(2,3)4;1-10(2,3)14-9(13)12-8-4-6-11-7-5-8/h5-6,8-9,16H,7H2,1-4H3,(H,14,15,17);4-7H,1-3H3,(H,11,12,13). The molecule has 9 nitrogen and oxygen atoms in total. The largest absolute Gasteiger partial charge is 0.444 e. The summed E-state index contributed by atoms with van der Waals surface area (Å²) in [6.07, 6.45) is 5.38. The van der Waals surface area contributed by atoms with Crippen LogP contribution in [-0.2, 0) is 15.9 Å². The van der Waals surface area contributed by atoms with E-state index >= 15 is 0 Å². The highest BCUT2D eigenvalue weighted by molar-refractivity contribution is 5.86. The molecule has 0 saturated heterocycles. The molecular weight excluding hydrogens is 412 g/mol. The van der Waals surface area contributed by atoms with Gasteiger partial charge in [0.05, 0.1) is 11.8 Å². The molecule has 32 heavy (non-hydrogen) atoms. The van der Waals surface area contributed by atoms with Crippen LogP contribution in [0.2, 0.25) is 0 Å². The van der Waals surface area contributed by atoms with Gasteiger partial charge in [0.15, 0.2) is 0 Å². The Hall–Kier alpha value is -3.20. The number of ether oxygens (including phenoxy) is 2. The zero-order valence-electron chi connectivity index (χ0n) is 19.8. The number of nitrogens with zero attached hydrogens (tertiary/aromatic N) is 2. The molecule has 2 rings (SSSR count). The fourth-order valence-corrected chi connectivity index (χ4v) is 2.30. The number of anilines is 2. The molecule has 176 valence electrons. The second kappa shape index (κ2) is 12.0. The predicted molar refractivity (Wildman–Crippen MR) is 124 cm³/mol. The Morgan fingerprint density at radius 2 is 1.41 bits per heavy atom. The van der Waals surface area contributed by atoms with Gasteiger partial charge in [-0.3, -0.25) is 20.6 Å². The average molecular weight is 447 g/mol. The molecule has 2 heterocycles. The molecule has 0 aliphatic heterocycles. The molecule has 1 unspecified atom stereocenters. The molecular formula is C23H34N4O5. The lowest BCUT2D eigenvalue weighted by Crippen LogP contribution is -2.27. The number of amides is 2. The SMILES string of the molecule is CC(C)(C)OC(=O)Nc1ccncc1.CC(O)Cc1cnccc1NC(=O)OC(C)(C)C. The minimum absolute atomic E-state index is 0.430. The van der Waals surface area contributed by atoms with Crippen molar-refractivity contribution in [2.75, 3.05) is 10.6 Å². The van der Waals surface area contributed by atoms with Gasteiger partial charge in [-0.1, -0.05) is 0 Å². The van der Waals surface area contributed by atoms with Crippen LogP contribution in [0.15, 0.2) is 43.0 Å². The third-order valence-electron chi connectivity index (χ3n) is 3.38. The summed E-state index contributed by atoms with van der Waals surface area (Å²) < 4.78 is 10.2. The smallest absolute Gasteiger partial charge is 0.412 e. The Morgan fingerprint density at radius 3 is 1.91 bits per heavy atom. The van der Waals surface area contributed by atoms with Crippen molar-refractivity contribution in [3.63, 3.8) is 0 Å². The van der Waals surface area contributed by atoms with Crippen LogP contribution >= 0.6 is 0 Å². The number of hydrogen-bond acceptors (Lipinski definition) is 7. The Balaban J connectivity index is 0.000000330. The predicted octanol–water partition coefficient (Wildman–Crippen LogP) is 4.78. The number of rotatable bonds is 4. The van der Waals surface area contributed by atoms with Crippen LogP contribution < -0.4 is 10.6 Å². The third-order valence-corrected chi connectivity index (χ3v) is 3.38. The minimum Gasteiger partial charge on any atom is -0.444 e. The van der Waals surface area contributed by atoms with Crippen molar-refractivity contribution in [1.29, 1.82) is 0 Å². The first kappa shape index (κ1) is 26.8. The van der Waals surface area contributed by atoms with Crippen molar-refractivity contribution in [2.45, 2.75) is 72.2 Å². The summed E-state index contributed by atoms with van der Waals surface area (Å²) in [5, 5.41) is 14.6. The Bertz CT molecular complexity index is 859. The maximum Gasteiger partial charge on any atom is 0.412 e. The van der Waals surface area contributed by atoms with E-state index in [1.165, 1.54) is 0 Å². The van der Waals surface area contributed by atoms with Gasteiger partial charge in [-0.25, -0.2) is 9.59 Å². The number of pyridine rings is 2. The van der Waals surface area contributed by atoms with Crippen molar-refractivity contribution >= 4 is 23.6 Å². The molecule has 0 aliphatic rings. The monoisotopic (exact) mass is 446 g/mol. The van der Waals surface area contributed by atoms with Crippen LogP contribution in [0.1, 0.15) is 54.0 Å². The molecule has 2 amide bonds. The summed E-state index contributed by atoms with van der Waals surface area (Å²) in [4.78, 5) is 30.7. The number of carbonyl (C=O) groups excluding carboxylic acids is 2. The maximum atomic E-state index is 11.6. The van der Waals surface area contributed by atoms with Crippen molar-refractivity contribution in [1.82, 2.24) is 9.97 Å². The highest BCUT2D eigenvalue weighted by Gasteiger charge is 2.17. The molecule has 0 radical (unpaired) electrons. The number of nitrogens with one attached hydrogen (secondary N) is 2. The van der Waals surface area contributed by atoms with Gasteiger partial charge in [-0.15, -0.1) is 0 Å². The number of aromatic nitrogens is 2. The Morgan fingerprint density at radius 1 is 0.906 bits per heavy atom. The fraction of sp³-hybridized carbons (Fsp3) is 0.478. The van der Waals surface area contributed by atoms with E-state index in [9.17, 15) is 14.7 Å². The highest BCUT2D eigenvalue weighted by atomic mass is 16.6. The van der Waals surface area contributed by atoms with Gasteiger partial charge in [0.1, 0.15) is 11.2 Å². The first-order valence-corrected chi connectivity index (χ1v) is 10.3. The van der Waals surface area contributed by atoms with E-state index < -0.39 is 29.5 Å². The molecule has 9 heteroatoms. The molecule has 0 aromatic carbocycles. The average Bonchev–Trinajstić information content (AvgIpc) is 2.61. The lowest BCUT2D eigenvalue weighted by Gasteiger charge is -2.20. The minimum atomic E-state index is -0.540. The summed E-state index contributed by atoms with van der Waals surface area (Å²) in [7, 11) is 0. The summed E-state index contributed by atoms with van der Waals surface area (Å²) in [5.74, 6) is 0. The summed E-state index contributed by atoms with van der Waals surface area (Å²) in [6.45, 7) is 12.5. The van der Waals surface area contributed by atoms with Crippen molar-refractivity contribution < 1.29 is 24.2 Å². The molecule has 3 N–H and O–H groups in total. The first-order valence-electron chi connectivity index (χ1n) is 10.3. The number of aliphatic hydroxyl groups is 1. The van der Waals surface area contributed by atoms with Crippen LogP contribution in [0.25, 0.3) is 0 Å². The van der Waals surface area contributed by atoms with E-state index in [1.54, 1.807) is 70.7 Å². The molecule has 2 aromatic rings. The number of aliphatic hydroxyl groups excluding tert-OH is 1. The van der Waals surface area contributed by atoms with Gasteiger partial charge in [0, 0.05) is 36.9 Å². The van der Waals surface area contributed by atoms with E-state index in [0.717, 1.165) is 5.56 Å². The summed E-state index contributed by atoms with van der Waals surface area (Å²) in [5.41, 5.74) is 1.05. The zero-order chi connectivity index (χ0) is 24.4. The normalized spacial score (nSPS) is 12.0. The van der Waals surface area contributed by atoms with E-state index in [4.69, 9.17) is 9.47 Å². The topological polar surface area (TPSA) is 123 Å². The van der Waals surface area contributed by atoms with E-state index in [-0.39, 0.29) is 0 Å². The maximum absolute atomic E-state index is 11.6. The summed E-state index contributed by atoms with van der Waals surface area (Å²) >= 11 is 0.